The molecular formula is C14H20N2O3. The summed E-state index contributed by atoms with van der Waals surface area (Å²) < 4.78 is 5.29. The van der Waals surface area contributed by atoms with Gasteiger partial charge < -0.3 is 9.84 Å². The van der Waals surface area contributed by atoms with Crippen LogP contribution in [0.5, 0.6) is 0 Å². The van der Waals surface area contributed by atoms with Crippen LogP contribution in [0.4, 0.5) is 0 Å². The minimum absolute atomic E-state index is 0.555. The van der Waals surface area contributed by atoms with Crippen molar-refractivity contribution >= 4 is 5.97 Å². The number of hydrogen-bond donors (Lipinski definition) is 1. The summed E-state index contributed by atoms with van der Waals surface area (Å²) in [4.78, 5) is 18.1. The Labute approximate surface area is 113 Å². The lowest BCUT2D eigenvalue weighted by Crippen LogP contribution is -2.42. The van der Waals surface area contributed by atoms with Crippen LogP contribution >= 0.6 is 0 Å². The molecule has 0 spiro atoms. The number of pyridine rings is 1. The fourth-order valence-corrected chi connectivity index (χ4v) is 2.24. The van der Waals surface area contributed by atoms with Crippen LogP contribution in [-0.2, 0) is 14.9 Å². The lowest BCUT2D eigenvalue weighted by Gasteiger charge is -2.31. The molecule has 1 aliphatic rings. The Kier molecular flexibility index (Phi) is 4.50. The van der Waals surface area contributed by atoms with Crippen molar-refractivity contribution in [2.45, 2.75) is 18.8 Å². The molecule has 1 aromatic rings. The van der Waals surface area contributed by atoms with E-state index in [9.17, 15) is 9.90 Å². The van der Waals surface area contributed by atoms with Crippen LogP contribution in [0.15, 0.2) is 24.4 Å². The first kappa shape index (κ1) is 14.0. The van der Waals surface area contributed by atoms with E-state index < -0.39 is 11.4 Å². The van der Waals surface area contributed by atoms with Gasteiger partial charge in [0.05, 0.1) is 18.9 Å². The summed E-state index contributed by atoms with van der Waals surface area (Å²) in [6, 6.07) is 5.42. The Morgan fingerprint density at radius 2 is 2.21 bits per heavy atom. The van der Waals surface area contributed by atoms with Gasteiger partial charge in [0.15, 0.2) is 0 Å². The maximum atomic E-state index is 11.6. The summed E-state index contributed by atoms with van der Waals surface area (Å²) in [5.74, 6) is -0.820. The van der Waals surface area contributed by atoms with Crippen LogP contribution < -0.4 is 0 Å². The van der Waals surface area contributed by atoms with Gasteiger partial charge in [0.1, 0.15) is 5.41 Å². The maximum Gasteiger partial charge on any atom is 0.315 e. The SMILES string of the molecule is CC(CCN1CCOCC1)(C(=O)O)c1ccccn1. The number of aromatic nitrogens is 1. The maximum absolute atomic E-state index is 11.6. The van der Waals surface area contributed by atoms with Crippen LogP contribution in [0.1, 0.15) is 19.0 Å². The third kappa shape index (κ3) is 3.30. The largest absolute Gasteiger partial charge is 0.481 e. The Morgan fingerprint density at radius 3 is 2.79 bits per heavy atom. The summed E-state index contributed by atoms with van der Waals surface area (Å²) >= 11 is 0. The van der Waals surface area contributed by atoms with E-state index in [4.69, 9.17) is 4.74 Å². The lowest BCUT2D eigenvalue weighted by molar-refractivity contribution is -0.143. The number of morpholine rings is 1. The quantitative estimate of drug-likeness (QED) is 0.864. The molecule has 1 N–H and O–H groups in total. The number of carbonyl (C=O) groups is 1. The molecule has 1 saturated heterocycles. The predicted molar refractivity (Wildman–Crippen MR) is 71.1 cm³/mol. The van der Waals surface area contributed by atoms with Crippen LogP contribution in [-0.4, -0.2) is 53.8 Å². The molecule has 2 rings (SSSR count). The zero-order chi connectivity index (χ0) is 13.7. The fourth-order valence-electron chi connectivity index (χ4n) is 2.24. The van der Waals surface area contributed by atoms with Crippen LogP contribution in [0.2, 0.25) is 0 Å². The number of hydrogen-bond acceptors (Lipinski definition) is 4. The number of carboxylic acid groups (broad SMARTS) is 1. The number of nitrogens with zero attached hydrogens (tertiary/aromatic N) is 2. The second-order valence-electron chi connectivity index (χ2n) is 5.06. The number of aliphatic carboxylic acids is 1. The average molecular weight is 264 g/mol. The van der Waals surface area contributed by atoms with Gasteiger partial charge in [-0.2, -0.15) is 0 Å². The van der Waals surface area contributed by atoms with Crippen molar-refractivity contribution in [1.29, 1.82) is 0 Å². The Balaban J connectivity index is 2.05. The Morgan fingerprint density at radius 1 is 1.47 bits per heavy atom. The van der Waals surface area contributed by atoms with E-state index in [0.29, 0.717) is 12.1 Å². The highest BCUT2D eigenvalue weighted by atomic mass is 16.5. The standard InChI is InChI=1S/C14H20N2O3/c1-14(13(17)18,12-4-2-3-6-15-12)5-7-16-8-10-19-11-9-16/h2-4,6H,5,7-11H2,1H3,(H,17,18). The van der Waals surface area contributed by atoms with Gasteiger partial charge >= 0.3 is 5.97 Å². The van der Waals surface area contributed by atoms with E-state index in [1.807, 2.05) is 6.07 Å². The van der Waals surface area contributed by atoms with Crippen molar-refractivity contribution in [3.05, 3.63) is 30.1 Å². The van der Waals surface area contributed by atoms with Crippen molar-refractivity contribution < 1.29 is 14.6 Å². The average Bonchev–Trinajstić information content (AvgIpc) is 2.46. The molecule has 0 saturated carbocycles. The number of carboxylic acids is 1. The van der Waals surface area contributed by atoms with Crippen LogP contribution in [0.25, 0.3) is 0 Å². The molecule has 0 radical (unpaired) electrons. The minimum Gasteiger partial charge on any atom is -0.481 e. The molecule has 1 aliphatic heterocycles. The topological polar surface area (TPSA) is 62.7 Å². The van der Waals surface area contributed by atoms with Gasteiger partial charge in [0.2, 0.25) is 0 Å². The second-order valence-corrected chi connectivity index (χ2v) is 5.06. The minimum atomic E-state index is -0.931. The Hall–Kier alpha value is -1.46. The van der Waals surface area contributed by atoms with Gasteiger partial charge in [0.25, 0.3) is 0 Å². The summed E-state index contributed by atoms with van der Waals surface area (Å²) in [5, 5.41) is 9.53. The molecule has 1 fully saturated rings. The third-order valence-electron chi connectivity index (χ3n) is 3.73. The highest BCUT2D eigenvalue weighted by molar-refractivity contribution is 5.80. The molecule has 1 aromatic heterocycles. The molecule has 0 aromatic carbocycles. The molecule has 19 heavy (non-hydrogen) atoms. The number of rotatable bonds is 5. The van der Waals surface area contributed by atoms with Gasteiger partial charge in [-0.15, -0.1) is 0 Å². The fraction of sp³-hybridized carbons (Fsp3) is 0.571. The van der Waals surface area contributed by atoms with Crippen molar-refractivity contribution in [3.63, 3.8) is 0 Å². The van der Waals surface area contributed by atoms with E-state index in [0.717, 1.165) is 32.8 Å². The van der Waals surface area contributed by atoms with Crippen LogP contribution in [0, 0.1) is 0 Å². The van der Waals surface area contributed by atoms with Gasteiger partial charge in [-0.25, -0.2) is 0 Å². The van der Waals surface area contributed by atoms with Crippen molar-refractivity contribution in [2.75, 3.05) is 32.8 Å². The smallest absolute Gasteiger partial charge is 0.315 e. The predicted octanol–water partition coefficient (Wildman–Crippen LogP) is 1.15. The third-order valence-corrected chi connectivity index (χ3v) is 3.73. The Bertz CT molecular complexity index is 418. The van der Waals surface area contributed by atoms with Gasteiger partial charge in [-0.05, 0) is 32.0 Å². The molecule has 0 aliphatic carbocycles. The van der Waals surface area contributed by atoms with Crippen LogP contribution in [0.3, 0.4) is 0 Å². The molecule has 2 heterocycles. The monoisotopic (exact) mass is 264 g/mol. The molecular weight excluding hydrogens is 244 g/mol. The van der Waals surface area contributed by atoms with Crippen molar-refractivity contribution in [2.24, 2.45) is 0 Å². The zero-order valence-electron chi connectivity index (χ0n) is 11.2. The summed E-state index contributed by atoms with van der Waals surface area (Å²) in [5.41, 5.74) is -0.310. The van der Waals surface area contributed by atoms with Crippen molar-refractivity contribution in [3.8, 4) is 0 Å². The second kappa shape index (κ2) is 6.12. The van der Waals surface area contributed by atoms with Gasteiger partial charge in [-0.3, -0.25) is 14.7 Å². The van der Waals surface area contributed by atoms with E-state index in [-0.39, 0.29) is 0 Å². The molecule has 5 nitrogen and oxygen atoms in total. The molecule has 104 valence electrons. The number of ether oxygens (including phenoxy) is 1. The highest BCUT2D eigenvalue weighted by Gasteiger charge is 2.36. The summed E-state index contributed by atoms with van der Waals surface area (Å²) in [7, 11) is 0. The first-order valence-corrected chi connectivity index (χ1v) is 6.58. The molecule has 1 atom stereocenters. The van der Waals surface area contributed by atoms with Crippen molar-refractivity contribution in [1.82, 2.24) is 9.88 Å². The van der Waals surface area contributed by atoms with E-state index in [1.165, 1.54) is 0 Å². The molecule has 0 amide bonds. The molecule has 5 heteroatoms. The lowest BCUT2D eigenvalue weighted by atomic mass is 9.82. The van der Waals surface area contributed by atoms with E-state index in [1.54, 1.807) is 25.3 Å². The summed E-state index contributed by atoms with van der Waals surface area (Å²) in [6.07, 6.45) is 2.20. The first-order valence-electron chi connectivity index (χ1n) is 6.58. The molecule has 0 bridgehead atoms. The van der Waals surface area contributed by atoms with Gasteiger partial charge in [-0.1, -0.05) is 6.07 Å². The normalized spacial score (nSPS) is 19.8. The van der Waals surface area contributed by atoms with E-state index >= 15 is 0 Å². The van der Waals surface area contributed by atoms with E-state index in [2.05, 4.69) is 9.88 Å². The summed E-state index contributed by atoms with van der Waals surface area (Å²) in [6.45, 7) is 5.71. The zero-order valence-corrected chi connectivity index (χ0v) is 11.2. The highest BCUT2D eigenvalue weighted by Crippen LogP contribution is 2.26. The molecule has 1 unspecified atom stereocenters. The van der Waals surface area contributed by atoms with Gasteiger partial charge in [0, 0.05) is 19.3 Å². The first-order chi connectivity index (χ1) is 9.13.